The number of hydrogen-bond acceptors (Lipinski definition) is 2. The number of rotatable bonds is 4. The van der Waals surface area contributed by atoms with Crippen molar-refractivity contribution in [3.8, 4) is 0 Å². The maximum Gasteiger partial charge on any atom is 0.312 e. The molecule has 0 aliphatic heterocycles. The van der Waals surface area contributed by atoms with E-state index < -0.39 is 6.03 Å². The minimum absolute atomic E-state index is 0.472. The van der Waals surface area contributed by atoms with Crippen molar-refractivity contribution in [3.05, 3.63) is 29.8 Å². The lowest BCUT2D eigenvalue weighted by molar-refractivity contribution is 0.249. The van der Waals surface area contributed by atoms with Crippen molar-refractivity contribution in [2.45, 2.75) is 6.42 Å². The molecule has 0 bridgehead atoms. The van der Waals surface area contributed by atoms with E-state index >= 15 is 0 Å². The summed E-state index contributed by atoms with van der Waals surface area (Å²) in [5, 5.41) is 2.56. The second-order valence-corrected chi connectivity index (χ2v) is 3.60. The Morgan fingerprint density at radius 1 is 1.33 bits per heavy atom. The highest BCUT2D eigenvalue weighted by Gasteiger charge is 1.97. The van der Waals surface area contributed by atoms with Crippen LogP contribution in [-0.4, -0.2) is 26.7 Å². The Kier molecular flexibility index (Phi) is 3.97. The minimum atomic E-state index is -0.472. The molecule has 0 spiro atoms. The zero-order valence-corrected chi connectivity index (χ0v) is 9.16. The van der Waals surface area contributed by atoms with Crippen molar-refractivity contribution >= 4 is 11.7 Å². The summed E-state index contributed by atoms with van der Waals surface area (Å²) in [5.41, 5.74) is 7.32. The molecule has 0 aliphatic rings. The van der Waals surface area contributed by atoms with Crippen molar-refractivity contribution < 1.29 is 4.79 Å². The van der Waals surface area contributed by atoms with Crippen LogP contribution in [0.4, 0.5) is 10.5 Å². The number of anilines is 1. The molecule has 0 aliphatic carbocycles. The van der Waals surface area contributed by atoms with Crippen LogP contribution >= 0.6 is 0 Å². The summed E-state index contributed by atoms with van der Waals surface area (Å²) in [6, 6.07) is 7.75. The van der Waals surface area contributed by atoms with Gasteiger partial charge >= 0.3 is 6.03 Å². The summed E-state index contributed by atoms with van der Waals surface area (Å²) in [4.78, 5) is 12.5. The van der Waals surface area contributed by atoms with Crippen molar-refractivity contribution in [1.82, 2.24) is 5.32 Å². The Morgan fingerprint density at radius 2 is 1.93 bits per heavy atom. The van der Waals surface area contributed by atoms with Crippen LogP contribution < -0.4 is 16.0 Å². The largest absolute Gasteiger partial charge is 0.378 e. The van der Waals surface area contributed by atoms with Gasteiger partial charge in [-0.15, -0.1) is 0 Å². The van der Waals surface area contributed by atoms with Crippen LogP contribution in [0.5, 0.6) is 0 Å². The standard InChI is InChI=1S/C11H17N3O/c1-14(2)10-5-3-9(4-6-10)7-8-13-11(12)15/h3-6H,7-8H2,1-2H3,(H3,12,13,15). The molecule has 0 radical (unpaired) electrons. The van der Waals surface area contributed by atoms with Gasteiger partial charge in [-0.2, -0.15) is 0 Å². The highest BCUT2D eigenvalue weighted by Crippen LogP contribution is 2.12. The van der Waals surface area contributed by atoms with E-state index in [0.717, 1.165) is 6.42 Å². The Labute approximate surface area is 90.1 Å². The lowest BCUT2D eigenvalue weighted by Gasteiger charge is -2.12. The molecule has 0 heterocycles. The van der Waals surface area contributed by atoms with Gasteiger partial charge < -0.3 is 16.0 Å². The van der Waals surface area contributed by atoms with Crippen molar-refractivity contribution in [2.75, 3.05) is 25.5 Å². The highest BCUT2D eigenvalue weighted by atomic mass is 16.2. The Balaban J connectivity index is 2.46. The number of amides is 2. The predicted octanol–water partition coefficient (Wildman–Crippen LogP) is 0.963. The molecular formula is C11H17N3O. The first kappa shape index (κ1) is 11.4. The zero-order valence-electron chi connectivity index (χ0n) is 9.16. The number of hydrogen-bond donors (Lipinski definition) is 2. The third kappa shape index (κ3) is 3.89. The molecule has 4 nitrogen and oxygen atoms in total. The molecule has 1 rings (SSSR count). The van der Waals surface area contributed by atoms with Crippen LogP contribution in [0.15, 0.2) is 24.3 Å². The maximum atomic E-state index is 10.4. The summed E-state index contributed by atoms with van der Waals surface area (Å²) >= 11 is 0. The van der Waals surface area contributed by atoms with Crippen LogP contribution in [0.2, 0.25) is 0 Å². The SMILES string of the molecule is CN(C)c1ccc(CCNC(N)=O)cc1. The fraction of sp³-hybridized carbons (Fsp3) is 0.364. The Hall–Kier alpha value is -1.71. The Bertz CT molecular complexity index is 319. The summed E-state index contributed by atoms with van der Waals surface area (Å²) in [6.45, 7) is 0.580. The average Bonchev–Trinajstić information content (AvgIpc) is 2.18. The Morgan fingerprint density at radius 3 is 2.40 bits per heavy atom. The molecule has 0 fully saturated rings. The van der Waals surface area contributed by atoms with Crippen LogP contribution in [0, 0.1) is 0 Å². The molecule has 0 unspecified atom stereocenters. The molecule has 3 N–H and O–H groups in total. The van der Waals surface area contributed by atoms with Crippen molar-refractivity contribution in [2.24, 2.45) is 5.73 Å². The van der Waals surface area contributed by atoms with Gasteiger partial charge in [0.2, 0.25) is 0 Å². The predicted molar refractivity (Wildman–Crippen MR) is 62.1 cm³/mol. The van der Waals surface area contributed by atoms with Crippen LogP contribution in [0.25, 0.3) is 0 Å². The van der Waals surface area contributed by atoms with E-state index in [0.29, 0.717) is 6.54 Å². The minimum Gasteiger partial charge on any atom is -0.378 e. The first-order valence-corrected chi connectivity index (χ1v) is 4.89. The third-order valence-electron chi connectivity index (χ3n) is 2.17. The summed E-state index contributed by atoms with van der Waals surface area (Å²) in [5.74, 6) is 0. The molecule has 0 atom stereocenters. The molecule has 0 saturated carbocycles. The molecule has 4 heteroatoms. The van der Waals surface area contributed by atoms with E-state index in [1.54, 1.807) is 0 Å². The molecule has 0 saturated heterocycles. The molecule has 15 heavy (non-hydrogen) atoms. The van der Waals surface area contributed by atoms with E-state index in [4.69, 9.17) is 5.73 Å². The van der Waals surface area contributed by atoms with Gasteiger partial charge in [-0.25, -0.2) is 4.79 Å². The molecule has 1 aromatic rings. The van der Waals surface area contributed by atoms with Gasteiger partial charge in [0, 0.05) is 26.3 Å². The van der Waals surface area contributed by atoms with E-state index in [-0.39, 0.29) is 0 Å². The summed E-state index contributed by atoms with van der Waals surface area (Å²) in [6.07, 6.45) is 0.802. The van der Waals surface area contributed by atoms with Gasteiger partial charge in [0.15, 0.2) is 0 Å². The molecular weight excluding hydrogens is 190 g/mol. The van der Waals surface area contributed by atoms with E-state index in [9.17, 15) is 4.79 Å². The first-order chi connectivity index (χ1) is 7.09. The fourth-order valence-corrected chi connectivity index (χ4v) is 1.29. The second kappa shape index (κ2) is 5.24. The van der Waals surface area contributed by atoms with Crippen molar-refractivity contribution in [3.63, 3.8) is 0 Å². The van der Waals surface area contributed by atoms with Gasteiger partial charge in [0.05, 0.1) is 0 Å². The normalized spacial score (nSPS) is 9.73. The molecule has 1 aromatic carbocycles. The van der Waals surface area contributed by atoms with E-state index in [2.05, 4.69) is 29.6 Å². The van der Waals surface area contributed by atoms with E-state index in [1.165, 1.54) is 11.3 Å². The summed E-state index contributed by atoms with van der Waals surface area (Å²) in [7, 11) is 4.01. The van der Waals surface area contributed by atoms with Gasteiger partial charge in [-0.3, -0.25) is 0 Å². The molecule has 0 aromatic heterocycles. The van der Waals surface area contributed by atoms with Gasteiger partial charge in [0.25, 0.3) is 0 Å². The number of nitrogens with two attached hydrogens (primary N) is 1. The topological polar surface area (TPSA) is 58.4 Å². The summed E-state index contributed by atoms with van der Waals surface area (Å²) < 4.78 is 0. The fourth-order valence-electron chi connectivity index (χ4n) is 1.29. The highest BCUT2D eigenvalue weighted by molar-refractivity contribution is 5.71. The first-order valence-electron chi connectivity index (χ1n) is 4.89. The number of benzene rings is 1. The van der Waals surface area contributed by atoms with Gasteiger partial charge in [-0.1, -0.05) is 12.1 Å². The number of nitrogens with one attached hydrogen (secondary N) is 1. The van der Waals surface area contributed by atoms with Crippen LogP contribution in [0.3, 0.4) is 0 Å². The molecule has 82 valence electrons. The second-order valence-electron chi connectivity index (χ2n) is 3.60. The smallest absolute Gasteiger partial charge is 0.312 e. The number of nitrogens with zero attached hydrogens (tertiary/aromatic N) is 1. The van der Waals surface area contributed by atoms with Gasteiger partial charge in [-0.05, 0) is 24.1 Å². The average molecular weight is 207 g/mol. The maximum absolute atomic E-state index is 10.4. The number of urea groups is 1. The third-order valence-corrected chi connectivity index (χ3v) is 2.17. The lowest BCUT2D eigenvalue weighted by atomic mass is 10.1. The van der Waals surface area contributed by atoms with Crippen molar-refractivity contribution in [1.29, 1.82) is 0 Å². The quantitative estimate of drug-likeness (QED) is 0.772. The zero-order chi connectivity index (χ0) is 11.3. The monoisotopic (exact) mass is 207 g/mol. The van der Waals surface area contributed by atoms with E-state index in [1.807, 2.05) is 19.0 Å². The number of carbonyl (C=O) groups excluding carboxylic acids is 1. The van der Waals surface area contributed by atoms with Gasteiger partial charge in [0.1, 0.15) is 0 Å². The number of carbonyl (C=O) groups is 1. The van der Waals surface area contributed by atoms with Crippen LogP contribution in [-0.2, 0) is 6.42 Å². The van der Waals surface area contributed by atoms with Crippen LogP contribution in [0.1, 0.15) is 5.56 Å². The molecule has 2 amide bonds. The lowest BCUT2D eigenvalue weighted by Crippen LogP contribution is -2.30. The number of primary amides is 1.